The Morgan fingerprint density at radius 3 is 2.79 bits per heavy atom. The predicted molar refractivity (Wildman–Crippen MR) is 92.6 cm³/mol. The molecule has 1 saturated heterocycles. The van der Waals surface area contributed by atoms with Crippen LogP contribution in [0, 0.1) is 17.2 Å². The Balaban J connectivity index is 1.91. The highest BCUT2D eigenvalue weighted by Gasteiger charge is 2.24. The molecular weight excluding hydrogens is 302 g/mol. The second kappa shape index (κ2) is 6.66. The van der Waals surface area contributed by atoms with Crippen LogP contribution in [-0.2, 0) is 11.3 Å². The number of aromatic nitrogens is 1. The van der Waals surface area contributed by atoms with Gasteiger partial charge in [-0.1, -0.05) is 18.2 Å². The van der Waals surface area contributed by atoms with Crippen LogP contribution < -0.4 is 5.32 Å². The fourth-order valence-corrected chi connectivity index (χ4v) is 3.17. The fourth-order valence-electron chi connectivity index (χ4n) is 3.17. The second-order valence-electron chi connectivity index (χ2n) is 6.96. The van der Waals surface area contributed by atoms with E-state index in [1.165, 1.54) is 0 Å². The third kappa shape index (κ3) is 3.44. The van der Waals surface area contributed by atoms with Gasteiger partial charge in [0.25, 0.3) is 5.91 Å². The highest BCUT2D eigenvalue weighted by Crippen LogP contribution is 2.25. The van der Waals surface area contributed by atoms with Crippen molar-refractivity contribution >= 4 is 16.8 Å². The Bertz CT molecular complexity index is 779. The van der Waals surface area contributed by atoms with Gasteiger partial charge >= 0.3 is 0 Å². The van der Waals surface area contributed by atoms with Crippen molar-refractivity contribution in [2.24, 2.45) is 5.92 Å². The predicted octanol–water partition coefficient (Wildman–Crippen LogP) is 3.10. The van der Waals surface area contributed by atoms with E-state index in [1.54, 1.807) is 13.8 Å². The minimum Gasteiger partial charge on any atom is -0.381 e. The Hall–Kier alpha value is -2.32. The van der Waals surface area contributed by atoms with Crippen molar-refractivity contribution in [2.75, 3.05) is 13.2 Å². The number of carbonyl (C=O) groups excluding carboxylic acids is 1. The summed E-state index contributed by atoms with van der Waals surface area (Å²) in [5.74, 6) is 0.365. The highest BCUT2D eigenvalue weighted by atomic mass is 16.5. The Labute approximate surface area is 142 Å². The summed E-state index contributed by atoms with van der Waals surface area (Å²) in [4.78, 5) is 12.6. The lowest BCUT2D eigenvalue weighted by atomic mass is 10.0. The van der Waals surface area contributed by atoms with Crippen LogP contribution in [0.25, 0.3) is 10.9 Å². The number of nitrogens with zero attached hydrogens (tertiary/aromatic N) is 2. The molecule has 3 rings (SSSR count). The molecule has 24 heavy (non-hydrogen) atoms. The monoisotopic (exact) mass is 325 g/mol. The number of hydrogen-bond donors (Lipinski definition) is 1. The lowest BCUT2D eigenvalue weighted by molar-refractivity contribution is 0.0616. The molecule has 0 unspecified atom stereocenters. The van der Waals surface area contributed by atoms with E-state index < -0.39 is 5.54 Å². The molecule has 0 spiro atoms. The number of nitriles is 1. The van der Waals surface area contributed by atoms with Crippen LogP contribution in [0.1, 0.15) is 37.0 Å². The zero-order valence-corrected chi connectivity index (χ0v) is 14.2. The summed E-state index contributed by atoms with van der Waals surface area (Å²) in [6.45, 7) is 5.91. The number of carbonyl (C=O) groups is 1. The van der Waals surface area contributed by atoms with E-state index in [0.717, 1.165) is 43.5 Å². The van der Waals surface area contributed by atoms with E-state index >= 15 is 0 Å². The number of ether oxygens (including phenoxy) is 1. The van der Waals surface area contributed by atoms with Crippen molar-refractivity contribution in [2.45, 2.75) is 38.8 Å². The molecule has 1 N–H and O–H groups in total. The maximum absolute atomic E-state index is 12.6. The van der Waals surface area contributed by atoms with Gasteiger partial charge in [-0.15, -0.1) is 0 Å². The molecule has 1 aromatic carbocycles. The minimum atomic E-state index is -0.888. The molecule has 1 aliphatic rings. The average molecular weight is 325 g/mol. The molecule has 0 bridgehead atoms. The first kappa shape index (κ1) is 16.5. The number of rotatable bonds is 4. The second-order valence-corrected chi connectivity index (χ2v) is 6.96. The Morgan fingerprint density at radius 2 is 2.08 bits per heavy atom. The molecule has 5 heteroatoms. The number of benzene rings is 1. The van der Waals surface area contributed by atoms with Gasteiger partial charge in [-0.2, -0.15) is 5.26 Å². The van der Waals surface area contributed by atoms with Crippen molar-refractivity contribution in [1.29, 1.82) is 5.26 Å². The van der Waals surface area contributed by atoms with Gasteiger partial charge in [0.2, 0.25) is 0 Å². The van der Waals surface area contributed by atoms with Crippen LogP contribution in [0.2, 0.25) is 0 Å². The zero-order chi connectivity index (χ0) is 17.2. The number of fused-ring (bicyclic) bond motifs is 1. The van der Waals surface area contributed by atoms with Gasteiger partial charge in [0.05, 0.1) is 11.6 Å². The first-order valence-corrected chi connectivity index (χ1v) is 8.39. The van der Waals surface area contributed by atoms with Crippen LogP contribution >= 0.6 is 0 Å². The number of hydrogen-bond acceptors (Lipinski definition) is 3. The number of para-hydroxylation sites is 1. The lowest BCUT2D eigenvalue weighted by Crippen LogP contribution is -2.42. The summed E-state index contributed by atoms with van der Waals surface area (Å²) in [7, 11) is 0. The molecule has 0 saturated carbocycles. The van der Waals surface area contributed by atoms with Gasteiger partial charge in [-0.05, 0) is 38.7 Å². The van der Waals surface area contributed by atoms with E-state index in [1.807, 2.05) is 30.5 Å². The van der Waals surface area contributed by atoms with Gasteiger partial charge in [-0.25, -0.2) is 0 Å². The zero-order valence-electron chi connectivity index (χ0n) is 14.2. The molecule has 1 fully saturated rings. The molecule has 5 nitrogen and oxygen atoms in total. The van der Waals surface area contributed by atoms with E-state index in [4.69, 9.17) is 10.00 Å². The van der Waals surface area contributed by atoms with E-state index in [2.05, 4.69) is 16.0 Å². The number of amides is 1. The first-order valence-electron chi connectivity index (χ1n) is 8.39. The van der Waals surface area contributed by atoms with Crippen LogP contribution in [0.3, 0.4) is 0 Å². The largest absolute Gasteiger partial charge is 0.381 e. The average Bonchev–Trinajstić information content (AvgIpc) is 2.94. The minimum absolute atomic E-state index is 0.205. The Kier molecular flexibility index (Phi) is 4.59. The summed E-state index contributed by atoms with van der Waals surface area (Å²) in [6, 6.07) is 10.0. The summed E-state index contributed by atoms with van der Waals surface area (Å²) in [5.41, 5.74) is 0.797. The van der Waals surface area contributed by atoms with Crippen LogP contribution in [0.15, 0.2) is 30.5 Å². The third-order valence-electron chi connectivity index (χ3n) is 4.53. The SMILES string of the molecule is CC(C)(C#N)NC(=O)c1cn(CC2CCOCC2)c2ccccc12. The van der Waals surface area contributed by atoms with Gasteiger partial charge in [0.1, 0.15) is 5.54 Å². The van der Waals surface area contributed by atoms with Crippen LogP contribution in [-0.4, -0.2) is 29.2 Å². The summed E-state index contributed by atoms with van der Waals surface area (Å²) in [6.07, 6.45) is 4.02. The summed E-state index contributed by atoms with van der Waals surface area (Å²) < 4.78 is 7.60. The molecule has 0 aliphatic carbocycles. The standard InChI is InChI=1S/C19H23N3O2/c1-19(2,13-20)21-18(23)16-12-22(11-14-7-9-24-10-8-14)17-6-4-3-5-15(16)17/h3-6,12,14H,7-11H2,1-2H3,(H,21,23). The van der Waals surface area contributed by atoms with Crippen molar-refractivity contribution < 1.29 is 9.53 Å². The van der Waals surface area contributed by atoms with E-state index in [9.17, 15) is 4.79 Å². The topological polar surface area (TPSA) is 67.0 Å². The molecule has 1 aromatic heterocycles. The van der Waals surface area contributed by atoms with Gasteiger partial charge in [0.15, 0.2) is 0 Å². The highest BCUT2D eigenvalue weighted by molar-refractivity contribution is 6.07. The fraction of sp³-hybridized carbons (Fsp3) is 0.474. The maximum Gasteiger partial charge on any atom is 0.254 e. The van der Waals surface area contributed by atoms with Crippen molar-refractivity contribution in [1.82, 2.24) is 9.88 Å². The smallest absolute Gasteiger partial charge is 0.254 e. The lowest BCUT2D eigenvalue weighted by Gasteiger charge is -2.22. The Morgan fingerprint density at radius 1 is 1.38 bits per heavy atom. The number of nitrogens with one attached hydrogen (secondary N) is 1. The molecule has 2 aromatic rings. The van der Waals surface area contributed by atoms with Crippen molar-refractivity contribution in [3.8, 4) is 6.07 Å². The van der Waals surface area contributed by atoms with Crippen molar-refractivity contribution in [3.05, 3.63) is 36.0 Å². The quantitative estimate of drug-likeness (QED) is 0.939. The van der Waals surface area contributed by atoms with Gasteiger partial charge in [-0.3, -0.25) is 4.79 Å². The molecule has 2 heterocycles. The van der Waals surface area contributed by atoms with Crippen molar-refractivity contribution in [3.63, 3.8) is 0 Å². The molecule has 1 amide bonds. The van der Waals surface area contributed by atoms with Crippen LogP contribution in [0.5, 0.6) is 0 Å². The third-order valence-corrected chi connectivity index (χ3v) is 4.53. The van der Waals surface area contributed by atoms with Crippen LogP contribution in [0.4, 0.5) is 0 Å². The molecular formula is C19H23N3O2. The summed E-state index contributed by atoms with van der Waals surface area (Å²) in [5, 5.41) is 12.9. The maximum atomic E-state index is 12.6. The normalized spacial score (nSPS) is 16.0. The van der Waals surface area contributed by atoms with E-state index in [-0.39, 0.29) is 5.91 Å². The molecule has 126 valence electrons. The van der Waals surface area contributed by atoms with E-state index in [0.29, 0.717) is 11.5 Å². The molecule has 0 radical (unpaired) electrons. The molecule has 1 aliphatic heterocycles. The molecule has 0 atom stereocenters. The van der Waals surface area contributed by atoms with Gasteiger partial charge < -0.3 is 14.6 Å². The summed E-state index contributed by atoms with van der Waals surface area (Å²) >= 11 is 0. The first-order chi connectivity index (χ1) is 11.5. The van der Waals surface area contributed by atoms with Gasteiger partial charge in [0, 0.05) is 36.9 Å².